The van der Waals surface area contributed by atoms with Crippen LogP contribution in [0.4, 0.5) is 0 Å². The molecule has 2 nitrogen and oxygen atoms in total. The van der Waals surface area contributed by atoms with Gasteiger partial charge in [0.25, 0.3) is 0 Å². The van der Waals surface area contributed by atoms with Gasteiger partial charge in [-0.2, -0.15) is 0 Å². The third-order valence-electron chi connectivity index (χ3n) is 3.86. The van der Waals surface area contributed by atoms with Gasteiger partial charge in [0, 0.05) is 18.2 Å². The van der Waals surface area contributed by atoms with Gasteiger partial charge in [-0.25, -0.2) is 0 Å². The summed E-state index contributed by atoms with van der Waals surface area (Å²) in [6.45, 7) is 3.28. The normalized spacial score (nSPS) is 24.6. The molecule has 0 spiro atoms. The third kappa shape index (κ3) is 3.22. The lowest BCUT2D eigenvalue weighted by Gasteiger charge is -2.29. The molecule has 0 aromatic heterocycles. The molecule has 0 bridgehead atoms. The Hall–Kier alpha value is -1.02. The maximum absolute atomic E-state index is 5.37. The summed E-state index contributed by atoms with van der Waals surface area (Å²) in [6, 6.07) is 8.93. The van der Waals surface area contributed by atoms with Crippen LogP contribution in [0, 0.1) is 5.92 Å². The lowest BCUT2D eigenvalue weighted by atomic mass is 9.86. The monoisotopic (exact) mass is 233 g/mol. The summed E-state index contributed by atoms with van der Waals surface area (Å²) >= 11 is 0. The topological polar surface area (TPSA) is 21.3 Å². The van der Waals surface area contributed by atoms with E-state index < -0.39 is 0 Å². The van der Waals surface area contributed by atoms with Crippen molar-refractivity contribution in [1.29, 1.82) is 0 Å². The Labute approximate surface area is 104 Å². The van der Waals surface area contributed by atoms with Gasteiger partial charge in [0.1, 0.15) is 5.75 Å². The summed E-state index contributed by atoms with van der Waals surface area (Å²) in [7, 11) is 1.74. The van der Waals surface area contributed by atoms with Crippen LogP contribution in [0.1, 0.15) is 38.2 Å². The fourth-order valence-electron chi connectivity index (χ4n) is 2.71. The predicted molar refractivity (Wildman–Crippen MR) is 71.3 cm³/mol. The smallest absolute Gasteiger partial charge is 0.123 e. The van der Waals surface area contributed by atoms with E-state index in [1.54, 1.807) is 7.11 Å². The first kappa shape index (κ1) is 12.4. The first-order chi connectivity index (χ1) is 8.31. The minimum atomic E-state index is 0.675. The molecule has 1 aliphatic rings. The molecule has 94 valence electrons. The van der Waals surface area contributed by atoms with Crippen molar-refractivity contribution in [2.24, 2.45) is 5.92 Å². The van der Waals surface area contributed by atoms with E-state index in [0.29, 0.717) is 6.04 Å². The van der Waals surface area contributed by atoms with Crippen molar-refractivity contribution < 1.29 is 4.74 Å². The minimum absolute atomic E-state index is 0.675. The zero-order valence-corrected chi connectivity index (χ0v) is 10.9. The van der Waals surface area contributed by atoms with Crippen LogP contribution in [-0.4, -0.2) is 13.2 Å². The van der Waals surface area contributed by atoms with Crippen LogP contribution in [0.25, 0.3) is 0 Å². The molecule has 2 heteroatoms. The SMILES string of the molecule is COc1ccccc1CN[C@H]1CCCC[C@@H]1C. The fourth-order valence-corrected chi connectivity index (χ4v) is 2.71. The molecule has 1 aromatic carbocycles. The summed E-state index contributed by atoms with van der Waals surface area (Å²) in [4.78, 5) is 0. The molecule has 2 rings (SSSR count). The molecule has 1 aromatic rings. The molecular formula is C15H23NO. The lowest BCUT2D eigenvalue weighted by molar-refractivity contribution is 0.278. The highest BCUT2D eigenvalue weighted by Crippen LogP contribution is 2.25. The second-order valence-electron chi connectivity index (χ2n) is 5.06. The van der Waals surface area contributed by atoms with E-state index in [9.17, 15) is 0 Å². The first-order valence-electron chi connectivity index (χ1n) is 6.66. The van der Waals surface area contributed by atoms with Gasteiger partial charge in [-0.05, 0) is 24.8 Å². The van der Waals surface area contributed by atoms with Gasteiger partial charge >= 0.3 is 0 Å². The molecule has 0 aliphatic heterocycles. The number of methoxy groups -OCH3 is 1. The summed E-state index contributed by atoms with van der Waals surface area (Å²) in [5.41, 5.74) is 1.26. The molecule has 0 radical (unpaired) electrons. The Morgan fingerprint density at radius 1 is 1.24 bits per heavy atom. The van der Waals surface area contributed by atoms with E-state index in [-0.39, 0.29) is 0 Å². The molecular weight excluding hydrogens is 210 g/mol. The predicted octanol–water partition coefficient (Wildman–Crippen LogP) is 3.36. The molecule has 2 atom stereocenters. The Kier molecular flexibility index (Phi) is 4.43. The molecule has 1 aliphatic carbocycles. The van der Waals surface area contributed by atoms with Crippen LogP contribution in [0.3, 0.4) is 0 Å². The summed E-state index contributed by atoms with van der Waals surface area (Å²) in [5, 5.41) is 3.68. The lowest BCUT2D eigenvalue weighted by Crippen LogP contribution is -2.36. The van der Waals surface area contributed by atoms with Gasteiger partial charge in [-0.15, -0.1) is 0 Å². The van der Waals surface area contributed by atoms with Crippen molar-refractivity contribution >= 4 is 0 Å². The van der Waals surface area contributed by atoms with Crippen molar-refractivity contribution in [1.82, 2.24) is 5.32 Å². The molecule has 0 amide bonds. The van der Waals surface area contributed by atoms with E-state index >= 15 is 0 Å². The van der Waals surface area contributed by atoms with Gasteiger partial charge in [0.2, 0.25) is 0 Å². The second kappa shape index (κ2) is 6.06. The Morgan fingerprint density at radius 2 is 2.00 bits per heavy atom. The van der Waals surface area contributed by atoms with E-state index in [1.165, 1.54) is 31.2 Å². The number of hydrogen-bond acceptors (Lipinski definition) is 2. The zero-order chi connectivity index (χ0) is 12.1. The zero-order valence-electron chi connectivity index (χ0n) is 10.9. The van der Waals surface area contributed by atoms with E-state index in [4.69, 9.17) is 4.74 Å². The highest BCUT2D eigenvalue weighted by molar-refractivity contribution is 5.33. The summed E-state index contributed by atoms with van der Waals surface area (Å²) < 4.78 is 5.37. The van der Waals surface area contributed by atoms with Crippen LogP contribution in [0.2, 0.25) is 0 Å². The van der Waals surface area contributed by atoms with E-state index in [1.807, 2.05) is 12.1 Å². The molecule has 1 fully saturated rings. The second-order valence-corrected chi connectivity index (χ2v) is 5.06. The summed E-state index contributed by atoms with van der Waals surface area (Å²) in [5.74, 6) is 1.79. The number of ether oxygens (including phenoxy) is 1. The van der Waals surface area contributed by atoms with Crippen molar-refractivity contribution in [2.45, 2.75) is 45.2 Å². The Balaban J connectivity index is 1.92. The number of rotatable bonds is 4. The van der Waals surface area contributed by atoms with Gasteiger partial charge in [0.15, 0.2) is 0 Å². The van der Waals surface area contributed by atoms with Gasteiger partial charge in [-0.1, -0.05) is 38.0 Å². The average molecular weight is 233 g/mol. The van der Waals surface area contributed by atoms with E-state index in [0.717, 1.165) is 18.2 Å². The van der Waals surface area contributed by atoms with Crippen LogP contribution in [0.15, 0.2) is 24.3 Å². The highest BCUT2D eigenvalue weighted by Gasteiger charge is 2.20. The molecule has 1 saturated carbocycles. The maximum Gasteiger partial charge on any atom is 0.123 e. The molecule has 1 N–H and O–H groups in total. The number of benzene rings is 1. The van der Waals surface area contributed by atoms with E-state index in [2.05, 4.69) is 24.4 Å². The van der Waals surface area contributed by atoms with Crippen molar-refractivity contribution in [3.05, 3.63) is 29.8 Å². The van der Waals surface area contributed by atoms with Crippen LogP contribution >= 0.6 is 0 Å². The number of hydrogen-bond donors (Lipinski definition) is 1. The van der Waals surface area contributed by atoms with Crippen LogP contribution in [0.5, 0.6) is 5.75 Å². The van der Waals surface area contributed by atoms with Crippen molar-refractivity contribution in [2.75, 3.05) is 7.11 Å². The van der Waals surface area contributed by atoms with Crippen LogP contribution in [-0.2, 0) is 6.54 Å². The molecule has 0 unspecified atom stereocenters. The number of nitrogens with one attached hydrogen (secondary N) is 1. The number of para-hydroxylation sites is 1. The largest absolute Gasteiger partial charge is 0.496 e. The third-order valence-corrected chi connectivity index (χ3v) is 3.86. The Bertz CT molecular complexity index is 351. The highest BCUT2D eigenvalue weighted by atomic mass is 16.5. The fraction of sp³-hybridized carbons (Fsp3) is 0.600. The summed E-state index contributed by atoms with van der Waals surface area (Å²) in [6.07, 6.45) is 5.45. The standard InChI is InChI=1S/C15H23NO/c1-12-7-3-5-9-14(12)16-11-13-8-4-6-10-15(13)17-2/h4,6,8,10,12,14,16H,3,5,7,9,11H2,1-2H3/t12-,14-/m0/s1. The molecule has 0 heterocycles. The van der Waals surface area contributed by atoms with Gasteiger partial charge in [0.05, 0.1) is 7.11 Å². The first-order valence-corrected chi connectivity index (χ1v) is 6.66. The Morgan fingerprint density at radius 3 is 2.76 bits per heavy atom. The van der Waals surface area contributed by atoms with Crippen molar-refractivity contribution in [3.8, 4) is 5.75 Å². The average Bonchev–Trinajstić information content (AvgIpc) is 2.38. The minimum Gasteiger partial charge on any atom is -0.496 e. The molecule has 0 saturated heterocycles. The van der Waals surface area contributed by atoms with Gasteiger partial charge in [-0.3, -0.25) is 0 Å². The maximum atomic E-state index is 5.37. The van der Waals surface area contributed by atoms with Crippen molar-refractivity contribution in [3.63, 3.8) is 0 Å². The quantitative estimate of drug-likeness (QED) is 0.861. The molecule has 17 heavy (non-hydrogen) atoms. The van der Waals surface area contributed by atoms with Gasteiger partial charge < -0.3 is 10.1 Å². The van der Waals surface area contributed by atoms with Crippen LogP contribution < -0.4 is 10.1 Å².